The van der Waals surface area contributed by atoms with Crippen molar-refractivity contribution in [3.63, 3.8) is 0 Å². The minimum absolute atomic E-state index is 0.0290. The molecule has 1 aromatic rings. The van der Waals surface area contributed by atoms with E-state index in [-0.39, 0.29) is 23.8 Å². The van der Waals surface area contributed by atoms with E-state index in [0.717, 1.165) is 4.90 Å². The monoisotopic (exact) mass is 331 g/mol. The van der Waals surface area contributed by atoms with Crippen LogP contribution in [-0.4, -0.2) is 22.9 Å². The van der Waals surface area contributed by atoms with Crippen LogP contribution in [0.5, 0.6) is 0 Å². The second-order valence-electron chi connectivity index (χ2n) is 4.70. The van der Waals surface area contributed by atoms with Crippen molar-refractivity contribution in [2.24, 2.45) is 10.2 Å². The second-order valence-corrected chi connectivity index (χ2v) is 6.01. The molecule has 2 aliphatic heterocycles. The molecule has 2 atom stereocenters. The van der Waals surface area contributed by atoms with Crippen molar-refractivity contribution >= 4 is 52.3 Å². The Bertz CT molecular complexity index is 649. The standard InChI is InChI=1S/C12H8Cl3N3O2/c13-7-2-1-6(3-8(7)14)18-10(19)5-12(11(18)20)4-9(15)16-17-12/h1-3,9H,4-5H2/t9-,12+/m0/s1. The predicted molar refractivity (Wildman–Crippen MR) is 75.4 cm³/mol. The van der Waals surface area contributed by atoms with E-state index in [1.54, 1.807) is 6.07 Å². The van der Waals surface area contributed by atoms with Gasteiger partial charge in [-0.1, -0.05) is 34.8 Å². The Kier molecular flexibility index (Phi) is 3.23. The van der Waals surface area contributed by atoms with Crippen LogP contribution in [0, 0.1) is 0 Å². The summed E-state index contributed by atoms with van der Waals surface area (Å²) in [5.41, 5.74) is -1.35. The van der Waals surface area contributed by atoms with Gasteiger partial charge in [-0.05, 0) is 18.2 Å². The molecule has 8 heteroatoms. The van der Waals surface area contributed by atoms with Gasteiger partial charge in [-0.2, -0.15) is 10.2 Å². The lowest BCUT2D eigenvalue weighted by Gasteiger charge is -2.18. The molecule has 0 radical (unpaired) electrons. The Labute approximate surface area is 129 Å². The van der Waals surface area contributed by atoms with E-state index in [4.69, 9.17) is 34.8 Å². The fourth-order valence-corrected chi connectivity index (χ4v) is 2.97. The highest BCUT2D eigenvalue weighted by Crippen LogP contribution is 2.41. The smallest absolute Gasteiger partial charge is 0.264 e. The third-order valence-corrected chi connectivity index (χ3v) is 4.32. The number of hydrogen-bond acceptors (Lipinski definition) is 4. The number of alkyl halides is 1. The zero-order chi connectivity index (χ0) is 14.5. The highest BCUT2D eigenvalue weighted by Gasteiger charge is 2.56. The fourth-order valence-electron chi connectivity index (χ4n) is 2.38. The number of imide groups is 1. The van der Waals surface area contributed by atoms with Crippen LogP contribution >= 0.6 is 34.8 Å². The predicted octanol–water partition coefficient (Wildman–Crippen LogP) is 3.42. The number of azo groups is 1. The van der Waals surface area contributed by atoms with E-state index in [0.29, 0.717) is 10.7 Å². The number of nitrogens with zero attached hydrogens (tertiary/aromatic N) is 3. The minimum atomic E-state index is -1.16. The third kappa shape index (κ3) is 2.01. The first-order chi connectivity index (χ1) is 9.43. The van der Waals surface area contributed by atoms with Gasteiger partial charge in [0.15, 0.2) is 5.54 Å². The normalized spacial score (nSPS) is 28.9. The Morgan fingerprint density at radius 3 is 2.60 bits per heavy atom. The lowest BCUT2D eigenvalue weighted by Crippen LogP contribution is -2.38. The van der Waals surface area contributed by atoms with E-state index >= 15 is 0 Å². The molecular weight excluding hydrogens is 325 g/mol. The van der Waals surface area contributed by atoms with E-state index in [2.05, 4.69) is 10.2 Å². The molecule has 5 nitrogen and oxygen atoms in total. The first-order valence-corrected chi connectivity index (χ1v) is 7.01. The molecular formula is C12H8Cl3N3O2. The first-order valence-electron chi connectivity index (χ1n) is 5.81. The van der Waals surface area contributed by atoms with Crippen LogP contribution in [0.4, 0.5) is 5.69 Å². The molecule has 2 aliphatic rings. The summed E-state index contributed by atoms with van der Waals surface area (Å²) < 4.78 is 0. The van der Waals surface area contributed by atoms with Gasteiger partial charge in [-0.25, -0.2) is 4.90 Å². The molecule has 0 aliphatic carbocycles. The zero-order valence-corrected chi connectivity index (χ0v) is 12.3. The number of hydrogen-bond donors (Lipinski definition) is 0. The van der Waals surface area contributed by atoms with Crippen LogP contribution < -0.4 is 4.90 Å². The minimum Gasteiger partial charge on any atom is -0.274 e. The van der Waals surface area contributed by atoms with Crippen LogP contribution in [0.2, 0.25) is 10.0 Å². The quantitative estimate of drug-likeness (QED) is 0.449. The molecule has 0 bridgehead atoms. The summed E-state index contributed by atoms with van der Waals surface area (Å²) in [6, 6.07) is 4.57. The van der Waals surface area contributed by atoms with Crippen molar-refractivity contribution in [3.8, 4) is 0 Å². The summed E-state index contributed by atoms with van der Waals surface area (Å²) in [6.45, 7) is 0. The highest BCUT2D eigenvalue weighted by atomic mass is 35.5. The molecule has 2 heterocycles. The van der Waals surface area contributed by atoms with Gasteiger partial charge < -0.3 is 0 Å². The number of rotatable bonds is 1. The maximum absolute atomic E-state index is 12.5. The Morgan fingerprint density at radius 1 is 1.25 bits per heavy atom. The Balaban J connectivity index is 1.99. The second kappa shape index (κ2) is 4.69. The Hall–Kier alpha value is -1.17. The molecule has 104 valence electrons. The van der Waals surface area contributed by atoms with Gasteiger partial charge in [-0.3, -0.25) is 9.59 Å². The van der Waals surface area contributed by atoms with Gasteiger partial charge in [0.05, 0.1) is 22.2 Å². The van der Waals surface area contributed by atoms with Gasteiger partial charge in [0.25, 0.3) is 5.91 Å². The van der Waals surface area contributed by atoms with Gasteiger partial charge in [-0.15, -0.1) is 0 Å². The number of benzene rings is 1. The Morgan fingerprint density at radius 2 is 2.00 bits per heavy atom. The van der Waals surface area contributed by atoms with Gasteiger partial charge in [0, 0.05) is 6.42 Å². The van der Waals surface area contributed by atoms with Crippen molar-refractivity contribution in [3.05, 3.63) is 28.2 Å². The molecule has 1 saturated heterocycles. The highest BCUT2D eigenvalue weighted by molar-refractivity contribution is 6.42. The van der Waals surface area contributed by atoms with Crippen LogP contribution in [-0.2, 0) is 9.59 Å². The topological polar surface area (TPSA) is 62.1 Å². The average Bonchev–Trinajstić information content (AvgIpc) is 2.86. The summed E-state index contributed by atoms with van der Waals surface area (Å²) >= 11 is 17.6. The van der Waals surface area contributed by atoms with Crippen molar-refractivity contribution in [1.29, 1.82) is 0 Å². The summed E-state index contributed by atoms with van der Waals surface area (Å²) in [5.74, 6) is -0.772. The molecule has 0 saturated carbocycles. The molecule has 0 N–H and O–H groups in total. The molecule has 0 aromatic heterocycles. The number of carbonyl (C=O) groups is 2. The van der Waals surface area contributed by atoms with Gasteiger partial charge in [0.1, 0.15) is 5.50 Å². The van der Waals surface area contributed by atoms with Gasteiger partial charge in [0.2, 0.25) is 5.91 Å². The SMILES string of the molecule is O=C1C[C@]2(C[C@@H](Cl)N=N2)C(=O)N1c1ccc(Cl)c(Cl)c1. The van der Waals surface area contributed by atoms with E-state index < -0.39 is 16.9 Å². The van der Waals surface area contributed by atoms with Crippen LogP contribution in [0.25, 0.3) is 0 Å². The number of anilines is 1. The summed E-state index contributed by atoms with van der Waals surface area (Å²) in [7, 11) is 0. The van der Waals surface area contributed by atoms with Crippen molar-refractivity contribution in [1.82, 2.24) is 0 Å². The number of amides is 2. The largest absolute Gasteiger partial charge is 0.274 e. The van der Waals surface area contributed by atoms with Crippen LogP contribution in [0.3, 0.4) is 0 Å². The lowest BCUT2D eigenvalue weighted by atomic mass is 9.95. The first kappa shape index (κ1) is 13.8. The van der Waals surface area contributed by atoms with E-state index in [9.17, 15) is 9.59 Å². The molecule has 1 aromatic carbocycles. The molecule has 1 spiro atoms. The number of carbonyl (C=O) groups excluding carboxylic acids is 2. The lowest BCUT2D eigenvalue weighted by molar-refractivity contribution is -0.122. The molecule has 0 unspecified atom stereocenters. The van der Waals surface area contributed by atoms with Gasteiger partial charge >= 0.3 is 0 Å². The van der Waals surface area contributed by atoms with Crippen LogP contribution in [0.1, 0.15) is 12.8 Å². The summed E-state index contributed by atoms with van der Waals surface area (Å²) in [5, 5.41) is 8.30. The van der Waals surface area contributed by atoms with Crippen molar-refractivity contribution in [2.75, 3.05) is 4.90 Å². The molecule has 2 amide bonds. The maximum Gasteiger partial charge on any atom is 0.264 e. The van der Waals surface area contributed by atoms with Crippen LogP contribution in [0.15, 0.2) is 28.4 Å². The summed E-state index contributed by atoms with van der Waals surface area (Å²) in [6.07, 6.45) is 0.204. The maximum atomic E-state index is 12.5. The average molecular weight is 333 g/mol. The summed E-state index contributed by atoms with van der Waals surface area (Å²) in [4.78, 5) is 25.7. The molecule has 1 fully saturated rings. The third-order valence-electron chi connectivity index (χ3n) is 3.34. The van der Waals surface area contributed by atoms with Crippen molar-refractivity contribution < 1.29 is 9.59 Å². The molecule has 20 heavy (non-hydrogen) atoms. The van der Waals surface area contributed by atoms with E-state index in [1.165, 1.54) is 12.1 Å². The fraction of sp³-hybridized carbons (Fsp3) is 0.333. The van der Waals surface area contributed by atoms with Crippen molar-refractivity contribution in [2.45, 2.75) is 23.9 Å². The zero-order valence-electron chi connectivity index (χ0n) is 10.0. The van der Waals surface area contributed by atoms with E-state index in [1.807, 2.05) is 0 Å². The molecule has 3 rings (SSSR count). The number of halogens is 3.